The molecule has 0 aromatic heterocycles. The molecule has 0 saturated heterocycles. The van der Waals surface area contributed by atoms with E-state index in [0.717, 1.165) is 0 Å². The van der Waals surface area contributed by atoms with Crippen molar-refractivity contribution in [3.05, 3.63) is 57.6 Å². The molecule has 1 aliphatic heterocycles. The minimum absolute atomic E-state index is 0.132. The summed E-state index contributed by atoms with van der Waals surface area (Å²) in [4.78, 5) is 0. The summed E-state index contributed by atoms with van der Waals surface area (Å²) in [5.74, 6) is 2.03. The number of benzene rings is 1. The van der Waals surface area contributed by atoms with Crippen LogP contribution in [0.2, 0.25) is 0 Å². The Morgan fingerprint density at radius 2 is 2.08 bits per heavy atom. The molecule has 1 aromatic rings. The van der Waals surface area contributed by atoms with E-state index in [1.807, 2.05) is 13.8 Å². The summed E-state index contributed by atoms with van der Waals surface area (Å²) < 4.78 is 5.29. The average Bonchev–Trinajstić information content (AvgIpc) is 2.59. The van der Waals surface area contributed by atoms with Gasteiger partial charge in [0.2, 0.25) is 11.8 Å². The standard InChI is InChI=1S/C20H22N4O2/c1-5-13-6-14(10-25)8-15(7-13)20(11(2)3)16(9-21)18(23)26-19(24)17(20)12(4)22/h1,6-8,11,24-25H,10,22-23H2,2-4H3. The van der Waals surface area contributed by atoms with Crippen molar-refractivity contribution in [1.82, 2.24) is 0 Å². The van der Waals surface area contributed by atoms with E-state index >= 15 is 0 Å². The van der Waals surface area contributed by atoms with Crippen molar-refractivity contribution in [2.24, 2.45) is 17.4 Å². The number of hydrogen-bond donors (Lipinski definition) is 4. The Kier molecular flexibility index (Phi) is 5.11. The Morgan fingerprint density at radius 1 is 1.42 bits per heavy atom. The van der Waals surface area contributed by atoms with E-state index in [-0.39, 0.29) is 29.9 Å². The summed E-state index contributed by atoms with van der Waals surface area (Å²) in [6.45, 7) is 5.26. The van der Waals surface area contributed by atoms with Crippen LogP contribution in [-0.2, 0) is 16.8 Å². The molecular formula is C20H22N4O2. The maximum absolute atomic E-state index is 9.85. The highest BCUT2D eigenvalue weighted by Crippen LogP contribution is 2.50. The minimum atomic E-state index is -1.11. The Morgan fingerprint density at radius 3 is 2.54 bits per heavy atom. The van der Waals surface area contributed by atoms with Gasteiger partial charge in [-0.1, -0.05) is 25.8 Å². The van der Waals surface area contributed by atoms with Gasteiger partial charge < -0.3 is 21.3 Å². The van der Waals surface area contributed by atoms with Crippen LogP contribution < -0.4 is 11.5 Å². The fourth-order valence-electron chi connectivity index (χ4n) is 3.64. The second-order valence-corrected chi connectivity index (χ2v) is 6.52. The van der Waals surface area contributed by atoms with E-state index < -0.39 is 5.41 Å². The fraction of sp³-hybridized carbons (Fsp3) is 0.300. The number of nitriles is 1. The third kappa shape index (κ3) is 2.71. The van der Waals surface area contributed by atoms with Crippen LogP contribution in [0.15, 0.2) is 40.9 Å². The third-order valence-corrected chi connectivity index (χ3v) is 4.64. The lowest BCUT2D eigenvalue weighted by Gasteiger charge is -2.43. The highest BCUT2D eigenvalue weighted by Gasteiger charge is 2.51. The van der Waals surface area contributed by atoms with E-state index in [2.05, 4.69) is 12.0 Å². The monoisotopic (exact) mass is 350 g/mol. The van der Waals surface area contributed by atoms with Gasteiger partial charge in [-0.25, -0.2) is 0 Å². The number of terminal acetylenes is 1. The molecule has 0 fully saturated rings. The molecule has 6 N–H and O–H groups in total. The molecule has 1 aliphatic rings. The van der Waals surface area contributed by atoms with E-state index in [1.165, 1.54) is 0 Å². The van der Waals surface area contributed by atoms with Crippen LogP contribution in [0.1, 0.15) is 37.5 Å². The fourth-order valence-corrected chi connectivity index (χ4v) is 3.64. The summed E-state index contributed by atoms with van der Waals surface area (Å²) >= 11 is 0. The molecular weight excluding hydrogens is 328 g/mol. The number of aliphatic hydroxyl groups excluding tert-OH is 1. The van der Waals surface area contributed by atoms with Crippen LogP contribution in [0.3, 0.4) is 0 Å². The van der Waals surface area contributed by atoms with Gasteiger partial charge in [-0.15, -0.1) is 6.42 Å². The van der Waals surface area contributed by atoms with E-state index in [4.69, 9.17) is 28.0 Å². The molecule has 0 aliphatic carbocycles. The second-order valence-electron chi connectivity index (χ2n) is 6.52. The van der Waals surface area contributed by atoms with Gasteiger partial charge in [0.05, 0.1) is 12.0 Å². The largest absolute Gasteiger partial charge is 0.422 e. The van der Waals surface area contributed by atoms with Crippen LogP contribution in [-0.4, -0.2) is 11.0 Å². The molecule has 6 nitrogen and oxygen atoms in total. The Bertz CT molecular complexity index is 909. The van der Waals surface area contributed by atoms with E-state index in [9.17, 15) is 10.4 Å². The predicted molar refractivity (Wildman–Crippen MR) is 99.3 cm³/mol. The number of rotatable bonds is 3. The maximum Gasteiger partial charge on any atom is 0.220 e. The quantitative estimate of drug-likeness (QED) is 0.620. The molecule has 26 heavy (non-hydrogen) atoms. The SMILES string of the molecule is C#Cc1cc(CO)cc(C2(C(C)C)C(C#N)=C(N)OC(=N)C2=C(C)N)c1. The van der Waals surface area contributed by atoms with Crippen molar-refractivity contribution < 1.29 is 9.84 Å². The van der Waals surface area contributed by atoms with Crippen LogP contribution in [0.25, 0.3) is 0 Å². The summed E-state index contributed by atoms with van der Waals surface area (Å²) in [5, 5.41) is 27.8. The highest BCUT2D eigenvalue weighted by atomic mass is 16.5. The summed E-state index contributed by atoms with van der Waals surface area (Å²) in [6, 6.07) is 7.34. The van der Waals surface area contributed by atoms with Crippen molar-refractivity contribution >= 4 is 5.90 Å². The van der Waals surface area contributed by atoms with Crippen LogP contribution in [0.5, 0.6) is 0 Å². The Balaban J connectivity index is 3.07. The molecule has 0 bridgehead atoms. The Hall–Kier alpha value is -3.22. The highest BCUT2D eigenvalue weighted by molar-refractivity contribution is 5.98. The van der Waals surface area contributed by atoms with Crippen molar-refractivity contribution in [2.75, 3.05) is 0 Å². The molecule has 1 unspecified atom stereocenters. The molecule has 134 valence electrons. The van der Waals surface area contributed by atoms with Crippen molar-refractivity contribution in [2.45, 2.75) is 32.8 Å². The van der Waals surface area contributed by atoms with Crippen molar-refractivity contribution in [1.29, 1.82) is 10.7 Å². The number of ether oxygens (including phenoxy) is 1. The first-order chi connectivity index (χ1) is 12.2. The number of aliphatic hydroxyl groups is 1. The summed E-state index contributed by atoms with van der Waals surface area (Å²) in [6.07, 6.45) is 5.57. The van der Waals surface area contributed by atoms with Crippen molar-refractivity contribution in [3.63, 3.8) is 0 Å². The predicted octanol–water partition coefficient (Wildman–Crippen LogP) is 1.99. The number of nitrogens with two attached hydrogens (primary N) is 2. The normalized spacial score (nSPS) is 21.9. The van der Waals surface area contributed by atoms with E-state index in [0.29, 0.717) is 28.0 Å². The summed E-state index contributed by atoms with van der Waals surface area (Å²) in [7, 11) is 0. The van der Waals surface area contributed by atoms with Gasteiger partial charge in [0.1, 0.15) is 11.6 Å². The lowest BCUT2D eigenvalue weighted by Crippen LogP contribution is -2.46. The van der Waals surface area contributed by atoms with E-state index in [1.54, 1.807) is 25.1 Å². The van der Waals surface area contributed by atoms with Gasteiger partial charge in [0.15, 0.2) is 0 Å². The van der Waals surface area contributed by atoms with Crippen LogP contribution in [0.4, 0.5) is 0 Å². The number of nitrogens with zero attached hydrogens (tertiary/aromatic N) is 1. The van der Waals surface area contributed by atoms with Gasteiger partial charge in [-0.3, -0.25) is 5.41 Å². The van der Waals surface area contributed by atoms with Gasteiger partial charge in [-0.2, -0.15) is 5.26 Å². The first-order valence-corrected chi connectivity index (χ1v) is 8.09. The van der Waals surface area contributed by atoms with Gasteiger partial charge >= 0.3 is 0 Å². The lowest BCUT2D eigenvalue weighted by molar-refractivity contribution is 0.281. The molecule has 0 amide bonds. The molecule has 1 heterocycles. The first kappa shape index (κ1) is 19.1. The van der Waals surface area contributed by atoms with Gasteiger partial charge in [0.25, 0.3) is 0 Å². The van der Waals surface area contributed by atoms with Gasteiger partial charge in [0, 0.05) is 16.8 Å². The van der Waals surface area contributed by atoms with Crippen LogP contribution in [0, 0.1) is 35.0 Å². The van der Waals surface area contributed by atoms with Crippen LogP contribution >= 0.6 is 0 Å². The second kappa shape index (κ2) is 6.95. The lowest BCUT2D eigenvalue weighted by atomic mass is 9.60. The number of nitrogens with one attached hydrogen (secondary N) is 1. The molecule has 0 saturated carbocycles. The first-order valence-electron chi connectivity index (χ1n) is 8.09. The minimum Gasteiger partial charge on any atom is -0.422 e. The molecule has 1 atom stereocenters. The zero-order valence-corrected chi connectivity index (χ0v) is 15.1. The maximum atomic E-state index is 9.85. The topological polar surface area (TPSA) is 129 Å². The third-order valence-electron chi connectivity index (χ3n) is 4.64. The molecule has 0 radical (unpaired) electrons. The zero-order chi connectivity index (χ0) is 19.6. The molecule has 0 spiro atoms. The molecule has 2 rings (SSSR count). The average molecular weight is 350 g/mol. The van der Waals surface area contributed by atoms with Gasteiger partial charge in [-0.05, 0) is 36.1 Å². The zero-order valence-electron chi connectivity index (χ0n) is 15.1. The smallest absolute Gasteiger partial charge is 0.220 e. The number of allylic oxidation sites excluding steroid dienone is 2. The number of hydrogen-bond acceptors (Lipinski definition) is 6. The Labute approximate surface area is 153 Å². The molecule has 1 aromatic carbocycles. The summed E-state index contributed by atoms with van der Waals surface area (Å²) in [5.41, 5.74) is 13.6. The molecule has 6 heteroatoms. The van der Waals surface area contributed by atoms with Crippen molar-refractivity contribution in [3.8, 4) is 18.4 Å².